The zero-order chi connectivity index (χ0) is 20.5. The van der Waals surface area contributed by atoms with E-state index in [4.69, 9.17) is 4.74 Å². The molecule has 1 saturated heterocycles. The third kappa shape index (κ3) is 4.23. The van der Waals surface area contributed by atoms with E-state index in [2.05, 4.69) is 0 Å². The van der Waals surface area contributed by atoms with Crippen molar-refractivity contribution in [3.8, 4) is 5.75 Å². The minimum Gasteiger partial charge on any atom is -0.497 e. The number of anilines is 1. The van der Waals surface area contributed by atoms with E-state index in [1.807, 2.05) is 29.2 Å². The molecule has 2 fully saturated rings. The Balaban J connectivity index is 1.49. The molecule has 0 radical (unpaired) electrons. The summed E-state index contributed by atoms with van der Waals surface area (Å²) >= 11 is 0. The van der Waals surface area contributed by atoms with Gasteiger partial charge in [-0.15, -0.1) is 0 Å². The highest BCUT2D eigenvalue weighted by Gasteiger charge is 2.41. The average molecular weight is 400 g/mol. The summed E-state index contributed by atoms with van der Waals surface area (Å²) in [4.78, 5) is 28.8. The van der Waals surface area contributed by atoms with E-state index >= 15 is 0 Å². The molecule has 1 atom stereocenters. The predicted molar refractivity (Wildman–Crippen MR) is 103 cm³/mol. The average Bonchev–Trinajstić information content (AvgIpc) is 3.46. The Morgan fingerprint density at radius 3 is 2.38 bits per heavy atom. The van der Waals surface area contributed by atoms with Crippen LogP contribution < -0.4 is 9.64 Å². The van der Waals surface area contributed by atoms with Crippen molar-refractivity contribution in [1.29, 1.82) is 0 Å². The number of nitrogens with zero attached hydrogens (tertiary/aromatic N) is 2. The largest absolute Gasteiger partial charge is 0.497 e. The van der Waals surface area contributed by atoms with Crippen LogP contribution in [0, 0.1) is 17.6 Å². The van der Waals surface area contributed by atoms with Crippen molar-refractivity contribution in [3.05, 3.63) is 59.7 Å². The molecule has 29 heavy (non-hydrogen) atoms. The van der Waals surface area contributed by atoms with E-state index in [9.17, 15) is 18.4 Å². The van der Waals surface area contributed by atoms with Crippen LogP contribution in [0.3, 0.4) is 0 Å². The van der Waals surface area contributed by atoms with Gasteiger partial charge < -0.3 is 14.5 Å². The van der Waals surface area contributed by atoms with Gasteiger partial charge in [-0.3, -0.25) is 9.59 Å². The van der Waals surface area contributed by atoms with Crippen molar-refractivity contribution < 1.29 is 23.1 Å². The molecule has 1 aliphatic carbocycles. The van der Waals surface area contributed by atoms with E-state index in [1.165, 1.54) is 4.90 Å². The molecular weight excluding hydrogens is 378 g/mol. The number of carbonyl (C=O) groups excluding carboxylic acids is 2. The first-order valence-corrected chi connectivity index (χ1v) is 9.64. The van der Waals surface area contributed by atoms with Crippen LogP contribution in [0.1, 0.15) is 24.8 Å². The lowest BCUT2D eigenvalue weighted by Crippen LogP contribution is -2.38. The number of benzene rings is 2. The van der Waals surface area contributed by atoms with Gasteiger partial charge in [-0.05, 0) is 42.7 Å². The van der Waals surface area contributed by atoms with E-state index in [1.54, 1.807) is 7.11 Å². The van der Waals surface area contributed by atoms with Gasteiger partial charge in [0.25, 0.3) is 0 Å². The van der Waals surface area contributed by atoms with Crippen LogP contribution in [0.4, 0.5) is 14.5 Å². The fourth-order valence-corrected chi connectivity index (χ4v) is 3.75. The highest BCUT2D eigenvalue weighted by Crippen LogP contribution is 2.33. The van der Waals surface area contributed by atoms with Gasteiger partial charge >= 0.3 is 0 Å². The minimum atomic E-state index is -0.748. The van der Waals surface area contributed by atoms with Crippen LogP contribution in [-0.2, 0) is 16.1 Å². The van der Waals surface area contributed by atoms with Crippen molar-refractivity contribution in [3.63, 3.8) is 0 Å². The Hall–Kier alpha value is -2.96. The normalized spacial score (nSPS) is 18.8. The Morgan fingerprint density at radius 2 is 1.79 bits per heavy atom. The smallest absolute Gasteiger partial charge is 0.228 e. The number of halogens is 2. The topological polar surface area (TPSA) is 49.9 Å². The summed E-state index contributed by atoms with van der Waals surface area (Å²) in [6, 6.07) is 10.7. The van der Waals surface area contributed by atoms with Gasteiger partial charge in [0.2, 0.25) is 11.8 Å². The predicted octanol–water partition coefficient (Wildman–Crippen LogP) is 3.52. The highest BCUT2D eigenvalue weighted by atomic mass is 19.1. The lowest BCUT2D eigenvalue weighted by molar-refractivity contribution is -0.137. The molecule has 0 N–H and O–H groups in total. The monoisotopic (exact) mass is 400 g/mol. The molecule has 2 aliphatic rings. The van der Waals surface area contributed by atoms with E-state index in [-0.39, 0.29) is 36.5 Å². The van der Waals surface area contributed by atoms with Gasteiger partial charge in [-0.2, -0.15) is 0 Å². The van der Waals surface area contributed by atoms with Crippen molar-refractivity contribution in [1.82, 2.24) is 4.90 Å². The SMILES string of the molecule is COc1ccc(CN(C(=O)C2CC(=O)N(c3cc(F)cc(F)c3)C2)C2CC2)cc1. The fourth-order valence-electron chi connectivity index (χ4n) is 3.75. The zero-order valence-corrected chi connectivity index (χ0v) is 16.1. The molecule has 152 valence electrons. The second-order valence-electron chi connectivity index (χ2n) is 7.58. The number of carbonyl (C=O) groups is 2. The molecular formula is C22H22F2N2O3. The number of methoxy groups -OCH3 is 1. The number of amides is 2. The first kappa shape index (κ1) is 19.4. The summed E-state index contributed by atoms with van der Waals surface area (Å²) in [7, 11) is 1.60. The van der Waals surface area contributed by atoms with Gasteiger partial charge in [0.05, 0.1) is 13.0 Å². The van der Waals surface area contributed by atoms with Crippen LogP contribution in [0.15, 0.2) is 42.5 Å². The maximum atomic E-state index is 13.5. The third-order valence-corrected chi connectivity index (χ3v) is 5.42. The van der Waals surface area contributed by atoms with Gasteiger partial charge in [-0.1, -0.05) is 12.1 Å². The summed E-state index contributed by atoms with van der Waals surface area (Å²) in [6.45, 7) is 0.596. The molecule has 4 rings (SSSR count). The highest BCUT2D eigenvalue weighted by molar-refractivity contribution is 6.00. The fraction of sp³-hybridized carbons (Fsp3) is 0.364. The summed E-state index contributed by atoms with van der Waals surface area (Å²) in [5.74, 6) is -1.65. The molecule has 0 spiro atoms. The summed E-state index contributed by atoms with van der Waals surface area (Å²) < 4.78 is 32.2. The van der Waals surface area contributed by atoms with Gasteiger partial charge in [0.1, 0.15) is 17.4 Å². The van der Waals surface area contributed by atoms with Crippen molar-refractivity contribution in [2.24, 2.45) is 5.92 Å². The van der Waals surface area contributed by atoms with Gasteiger partial charge in [0.15, 0.2) is 0 Å². The number of hydrogen-bond acceptors (Lipinski definition) is 3. The maximum Gasteiger partial charge on any atom is 0.228 e. The van der Waals surface area contributed by atoms with Crippen molar-refractivity contribution in [2.75, 3.05) is 18.6 Å². The second kappa shape index (κ2) is 7.81. The van der Waals surface area contributed by atoms with E-state index in [0.29, 0.717) is 6.54 Å². The number of hydrogen-bond donors (Lipinski definition) is 0. The second-order valence-corrected chi connectivity index (χ2v) is 7.58. The van der Waals surface area contributed by atoms with Crippen LogP contribution >= 0.6 is 0 Å². The van der Waals surface area contributed by atoms with Crippen molar-refractivity contribution in [2.45, 2.75) is 31.8 Å². The lowest BCUT2D eigenvalue weighted by atomic mass is 10.1. The molecule has 7 heteroatoms. The Labute approximate surface area is 167 Å². The number of rotatable bonds is 6. The van der Waals surface area contributed by atoms with E-state index < -0.39 is 17.6 Å². The Morgan fingerprint density at radius 1 is 1.14 bits per heavy atom. The number of ether oxygens (including phenoxy) is 1. The maximum absolute atomic E-state index is 13.5. The summed E-state index contributed by atoms with van der Waals surface area (Å²) in [5.41, 5.74) is 1.13. The molecule has 5 nitrogen and oxygen atoms in total. The molecule has 0 bridgehead atoms. The van der Waals surface area contributed by atoms with Crippen molar-refractivity contribution >= 4 is 17.5 Å². The van der Waals surface area contributed by atoms with Crippen LogP contribution in [-0.4, -0.2) is 36.4 Å². The third-order valence-electron chi connectivity index (χ3n) is 5.42. The van der Waals surface area contributed by atoms with Crippen LogP contribution in [0.25, 0.3) is 0 Å². The molecule has 0 aromatic heterocycles. The van der Waals surface area contributed by atoms with E-state index in [0.717, 1.165) is 42.4 Å². The minimum absolute atomic E-state index is 0.0444. The van der Waals surface area contributed by atoms with Crippen LogP contribution in [0.5, 0.6) is 5.75 Å². The molecule has 1 saturated carbocycles. The first-order chi connectivity index (χ1) is 13.9. The summed E-state index contributed by atoms with van der Waals surface area (Å²) in [6.07, 6.45) is 1.94. The lowest BCUT2D eigenvalue weighted by Gasteiger charge is -2.26. The molecule has 1 unspecified atom stereocenters. The van der Waals surface area contributed by atoms with Gasteiger partial charge in [-0.25, -0.2) is 8.78 Å². The van der Waals surface area contributed by atoms with Crippen LogP contribution in [0.2, 0.25) is 0 Å². The standard InChI is InChI=1S/C22H22F2N2O3/c1-29-20-6-2-14(3-7-20)12-26(18-4-5-18)22(28)15-8-21(27)25(13-15)19-10-16(23)9-17(24)11-19/h2-3,6-7,9-11,15,18H,4-5,8,12-13H2,1H3. The first-order valence-electron chi connectivity index (χ1n) is 9.64. The molecule has 1 heterocycles. The molecule has 2 aromatic carbocycles. The molecule has 1 aliphatic heterocycles. The summed E-state index contributed by atoms with van der Waals surface area (Å²) in [5, 5.41) is 0. The Kier molecular flexibility index (Phi) is 5.22. The zero-order valence-electron chi connectivity index (χ0n) is 16.1. The quantitative estimate of drug-likeness (QED) is 0.746. The van der Waals surface area contributed by atoms with Gasteiger partial charge in [0, 0.05) is 37.3 Å². The molecule has 2 amide bonds. The Bertz CT molecular complexity index is 908. The molecule has 2 aromatic rings.